The summed E-state index contributed by atoms with van der Waals surface area (Å²) in [4.78, 5) is 4.66. The number of methoxy groups -OCH3 is 1. The number of hydrogen-bond donors (Lipinski definition) is 2. The number of rotatable bonds is 8. The van der Waals surface area contributed by atoms with Crippen molar-refractivity contribution in [1.29, 1.82) is 5.26 Å². The predicted molar refractivity (Wildman–Crippen MR) is 122 cm³/mol. The van der Waals surface area contributed by atoms with Gasteiger partial charge in [0, 0.05) is 23.7 Å². The van der Waals surface area contributed by atoms with Crippen LogP contribution in [0.2, 0.25) is 0 Å². The van der Waals surface area contributed by atoms with Crippen molar-refractivity contribution in [3.8, 4) is 11.8 Å². The molecule has 0 radical (unpaired) electrons. The number of aliphatic hydroxyl groups excluding tert-OH is 1. The number of nitrogens with one attached hydrogen (secondary N) is 1. The lowest BCUT2D eigenvalue weighted by Crippen LogP contribution is -2.22. The smallest absolute Gasteiger partial charge is 0.221 e. The Hall–Kier alpha value is -3.14. The summed E-state index contributed by atoms with van der Waals surface area (Å²) in [6.45, 7) is 8.71. The van der Waals surface area contributed by atoms with Crippen LogP contribution in [0.4, 0.5) is 0 Å². The molecular weight excluding hydrogens is 390 g/mol. The lowest BCUT2D eigenvalue weighted by Gasteiger charge is -2.15. The maximum Gasteiger partial charge on any atom is 0.221 e. The molecule has 162 valence electrons. The SMILES string of the molecule is C=C(N=C(OC)c1ccc(OC(C)C)c(C#N)c1)c1cccc2c1CCC2NCCO. The Labute approximate surface area is 183 Å². The fourth-order valence-electron chi connectivity index (χ4n) is 3.89. The van der Waals surface area contributed by atoms with Crippen LogP contribution in [0.1, 0.15) is 54.1 Å². The topological polar surface area (TPSA) is 86.9 Å². The molecule has 6 nitrogen and oxygen atoms in total. The van der Waals surface area contributed by atoms with Gasteiger partial charge in [-0.05, 0) is 56.0 Å². The van der Waals surface area contributed by atoms with E-state index in [1.165, 1.54) is 11.1 Å². The molecule has 1 aliphatic carbocycles. The van der Waals surface area contributed by atoms with Crippen molar-refractivity contribution in [2.75, 3.05) is 20.3 Å². The first-order valence-corrected chi connectivity index (χ1v) is 10.5. The average Bonchev–Trinajstić information content (AvgIpc) is 3.19. The van der Waals surface area contributed by atoms with E-state index in [4.69, 9.17) is 14.6 Å². The molecule has 0 amide bonds. The van der Waals surface area contributed by atoms with Crippen LogP contribution < -0.4 is 10.1 Å². The van der Waals surface area contributed by atoms with Gasteiger partial charge in [0.25, 0.3) is 0 Å². The fraction of sp³-hybridized carbons (Fsp3) is 0.360. The van der Waals surface area contributed by atoms with Gasteiger partial charge in [0.1, 0.15) is 11.8 Å². The maximum absolute atomic E-state index is 9.51. The molecule has 1 unspecified atom stereocenters. The lowest BCUT2D eigenvalue weighted by atomic mass is 10.0. The van der Waals surface area contributed by atoms with Gasteiger partial charge in [-0.2, -0.15) is 5.26 Å². The Morgan fingerprint density at radius 1 is 1.35 bits per heavy atom. The second-order valence-electron chi connectivity index (χ2n) is 7.70. The number of nitriles is 1. The lowest BCUT2D eigenvalue weighted by molar-refractivity contribution is 0.241. The van der Waals surface area contributed by atoms with Gasteiger partial charge >= 0.3 is 0 Å². The quantitative estimate of drug-likeness (QED) is 0.499. The van der Waals surface area contributed by atoms with Gasteiger partial charge in [-0.25, -0.2) is 4.99 Å². The molecule has 0 heterocycles. The van der Waals surface area contributed by atoms with Gasteiger partial charge < -0.3 is 19.9 Å². The van der Waals surface area contributed by atoms with Gasteiger partial charge in [-0.1, -0.05) is 24.8 Å². The number of ether oxygens (including phenoxy) is 2. The third-order valence-corrected chi connectivity index (χ3v) is 5.22. The Morgan fingerprint density at radius 3 is 2.84 bits per heavy atom. The second kappa shape index (κ2) is 10.3. The van der Waals surface area contributed by atoms with Gasteiger partial charge in [0.2, 0.25) is 5.90 Å². The van der Waals surface area contributed by atoms with Gasteiger partial charge in [-0.3, -0.25) is 0 Å². The highest BCUT2D eigenvalue weighted by molar-refractivity contribution is 5.98. The fourth-order valence-corrected chi connectivity index (χ4v) is 3.89. The molecule has 0 saturated carbocycles. The van der Waals surface area contributed by atoms with Crippen LogP contribution in [0.3, 0.4) is 0 Å². The molecule has 2 N–H and O–H groups in total. The highest BCUT2D eigenvalue weighted by Gasteiger charge is 2.24. The van der Waals surface area contributed by atoms with Crippen molar-refractivity contribution in [2.45, 2.75) is 38.8 Å². The van der Waals surface area contributed by atoms with E-state index in [-0.39, 0.29) is 18.8 Å². The molecular formula is C25H29N3O3. The summed E-state index contributed by atoms with van der Waals surface area (Å²) in [6.07, 6.45) is 1.87. The van der Waals surface area contributed by atoms with Crippen molar-refractivity contribution in [2.24, 2.45) is 4.99 Å². The highest BCUT2D eigenvalue weighted by Crippen LogP contribution is 2.36. The summed E-state index contributed by atoms with van der Waals surface area (Å²) in [5, 5.41) is 22.0. The zero-order chi connectivity index (χ0) is 22.4. The van der Waals surface area contributed by atoms with Crippen LogP contribution >= 0.6 is 0 Å². The summed E-state index contributed by atoms with van der Waals surface area (Å²) < 4.78 is 11.2. The van der Waals surface area contributed by atoms with Gasteiger partial charge in [0.15, 0.2) is 0 Å². The van der Waals surface area contributed by atoms with Crippen molar-refractivity contribution in [3.63, 3.8) is 0 Å². The summed E-state index contributed by atoms with van der Waals surface area (Å²) >= 11 is 0. The molecule has 31 heavy (non-hydrogen) atoms. The minimum absolute atomic E-state index is 0.0239. The molecule has 3 rings (SSSR count). The number of nitrogens with zero attached hydrogens (tertiary/aromatic N) is 2. The summed E-state index contributed by atoms with van der Waals surface area (Å²) in [5.41, 5.74) is 5.16. The summed E-state index contributed by atoms with van der Waals surface area (Å²) in [7, 11) is 1.56. The van der Waals surface area contributed by atoms with Crippen molar-refractivity contribution in [3.05, 3.63) is 70.8 Å². The van der Waals surface area contributed by atoms with Crippen LogP contribution in [-0.2, 0) is 11.2 Å². The van der Waals surface area contributed by atoms with Gasteiger partial charge in [0.05, 0.1) is 31.1 Å². The van der Waals surface area contributed by atoms with E-state index < -0.39 is 0 Å². The molecule has 0 saturated heterocycles. The zero-order valence-corrected chi connectivity index (χ0v) is 18.3. The predicted octanol–water partition coefficient (Wildman–Crippen LogP) is 3.98. The molecule has 0 aliphatic heterocycles. The standard InChI is InChI=1S/C25H29N3O3/c1-16(2)31-24-11-8-18(14-19(24)15-26)25(30-4)28-17(3)20-6-5-7-22-21(20)9-10-23(22)27-12-13-29/h5-8,11,14,16,23,27,29H,3,9-10,12-13H2,1-2,4H3. The van der Waals surface area contributed by atoms with E-state index in [1.54, 1.807) is 19.2 Å². The number of aliphatic hydroxyl groups is 1. The third-order valence-electron chi connectivity index (χ3n) is 5.22. The monoisotopic (exact) mass is 419 g/mol. The van der Waals surface area contributed by atoms with Crippen molar-refractivity contribution >= 4 is 11.6 Å². The van der Waals surface area contributed by atoms with Crippen LogP contribution in [0.15, 0.2) is 48.0 Å². The molecule has 0 spiro atoms. The first-order valence-electron chi connectivity index (χ1n) is 10.5. The summed E-state index contributed by atoms with van der Waals surface area (Å²) in [6, 6.07) is 13.9. The Morgan fingerprint density at radius 2 is 2.16 bits per heavy atom. The minimum Gasteiger partial charge on any atom is -0.490 e. The molecule has 0 fully saturated rings. The first kappa shape index (κ1) is 22.5. The highest BCUT2D eigenvalue weighted by atomic mass is 16.5. The number of benzene rings is 2. The number of aliphatic imine (C=N–C) groups is 1. The minimum atomic E-state index is -0.0239. The molecule has 1 atom stereocenters. The van der Waals surface area contributed by atoms with E-state index in [0.717, 1.165) is 18.4 Å². The van der Waals surface area contributed by atoms with E-state index in [0.29, 0.717) is 35.0 Å². The first-order chi connectivity index (χ1) is 15.0. The van der Waals surface area contributed by atoms with Crippen molar-refractivity contribution < 1.29 is 14.6 Å². The van der Waals surface area contributed by atoms with E-state index in [9.17, 15) is 5.26 Å². The molecule has 2 aromatic rings. The Bertz CT molecular complexity index is 1020. The Balaban J connectivity index is 1.90. The van der Waals surface area contributed by atoms with Crippen LogP contribution in [0, 0.1) is 11.3 Å². The number of fused-ring (bicyclic) bond motifs is 1. The van der Waals surface area contributed by atoms with Crippen LogP contribution in [-0.4, -0.2) is 37.4 Å². The third kappa shape index (κ3) is 5.13. The Kier molecular flexibility index (Phi) is 7.45. The van der Waals surface area contributed by atoms with Gasteiger partial charge in [-0.15, -0.1) is 0 Å². The van der Waals surface area contributed by atoms with Crippen LogP contribution in [0.25, 0.3) is 5.70 Å². The molecule has 1 aliphatic rings. The average molecular weight is 420 g/mol. The summed E-state index contributed by atoms with van der Waals surface area (Å²) in [5.74, 6) is 0.931. The van der Waals surface area contributed by atoms with E-state index in [2.05, 4.69) is 29.0 Å². The molecule has 6 heteroatoms. The van der Waals surface area contributed by atoms with E-state index >= 15 is 0 Å². The van der Waals surface area contributed by atoms with E-state index in [1.807, 2.05) is 32.0 Å². The number of hydrogen-bond acceptors (Lipinski definition) is 6. The molecule has 2 aromatic carbocycles. The zero-order valence-electron chi connectivity index (χ0n) is 18.3. The molecule has 0 bridgehead atoms. The van der Waals surface area contributed by atoms with Crippen LogP contribution in [0.5, 0.6) is 5.75 Å². The molecule has 0 aromatic heterocycles. The maximum atomic E-state index is 9.51. The second-order valence-corrected chi connectivity index (χ2v) is 7.70. The largest absolute Gasteiger partial charge is 0.490 e. The van der Waals surface area contributed by atoms with Crippen molar-refractivity contribution in [1.82, 2.24) is 5.32 Å². The normalized spacial score (nSPS) is 15.5.